The van der Waals surface area contributed by atoms with Crippen molar-refractivity contribution >= 4 is 21.9 Å². The number of carboxylic acids is 1. The van der Waals surface area contributed by atoms with Crippen molar-refractivity contribution in [2.75, 3.05) is 0 Å². The van der Waals surface area contributed by atoms with Gasteiger partial charge >= 0.3 is 5.97 Å². The lowest BCUT2D eigenvalue weighted by molar-refractivity contribution is -0.138. The summed E-state index contributed by atoms with van der Waals surface area (Å²) in [5.74, 6) is -1.99. The maximum Gasteiger partial charge on any atom is 0.310 e. The summed E-state index contributed by atoms with van der Waals surface area (Å²) in [7, 11) is 0. The van der Waals surface area contributed by atoms with Gasteiger partial charge in [0.05, 0.1) is 5.92 Å². The van der Waals surface area contributed by atoms with E-state index in [1.54, 1.807) is 26.8 Å². The number of hydrogen-bond donors (Lipinski definition) is 1. The number of rotatable bonds is 2. The molecule has 0 aliphatic carbocycles. The molecule has 4 heteroatoms. The standard InChI is InChI=1S/C11H12BrFO2/c1-5-8(6(2)11(14)15)4-9(12)7(3)10(5)13/h4,6H,1-3H3,(H,14,15). The van der Waals surface area contributed by atoms with Crippen LogP contribution < -0.4 is 0 Å². The molecule has 1 rings (SSSR count). The fraction of sp³-hybridized carbons (Fsp3) is 0.364. The van der Waals surface area contributed by atoms with E-state index < -0.39 is 11.9 Å². The van der Waals surface area contributed by atoms with Crippen LogP contribution in [0.4, 0.5) is 4.39 Å². The van der Waals surface area contributed by atoms with Gasteiger partial charge in [-0.2, -0.15) is 0 Å². The minimum absolute atomic E-state index is 0.340. The quantitative estimate of drug-likeness (QED) is 0.898. The van der Waals surface area contributed by atoms with Crippen molar-refractivity contribution in [2.24, 2.45) is 0 Å². The first-order valence-corrected chi connectivity index (χ1v) is 5.33. The monoisotopic (exact) mass is 274 g/mol. The second-order valence-corrected chi connectivity index (χ2v) is 4.43. The van der Waals surface area contributed by atoms with E-state index in [0.29, 0.717) is 21.2 Å². The maximum absolute atomic E-state index is 13.7. The van der Waals surface area contributed by atoms with Crippen LogP contribution in [0.3, 0.4) is 0 Å². The molecular formula is C11H12BrFO2. The number of carbonyl (C=O) groups is 1. The van der Waals surface area contributed by atoms with Crippen LogP contribution in [0.5, 0.6) is 0 Å². The van der Waals surface area contributed by atoms with Gasteiger partial charge in [-0.25, -0.2) is 4.39 Å². The molecule has 1 aromatic carbocycles. The molecular weight excluding hydrogens is 263 g/mol. The normalized spacial score (nSPS) is 12.6. The number of halogens is 2. The minimum Gasteiger partial charge on any atom is -0.481 e. The summed E-state index contributed by atoms with van der Waals surface area (Å²) < 4.78 is 14.3. The Kier molecular flexibility index (Phi) is 3.50. The lowest BCUT2D eigenvalue weighted by Crippen LogP contribution is -2.10. The van der Waals surface area contributed by atoms with Crippen molar-refractivity contribution < 1.29 is 14.3 Å². The second kappa shape index (κ2) is 4.31. The van der Waals surface area contributed by atoms with E-state index in [1.165, 1.54) is 0 Å². The van der Waals surface area contributed by atoms with Gasteiger partial charge in [-0.15, -0.1) is 0 Å². The lowest BCUT2D eigenvalue weighted by Gasteiger charge is -2.13. The fourth-order valence-corrected chi connectivity index (χ4v) is 1.87. The van der Waals surface area contributed by atoms with E-state index in [2.05, 4.69) is 15.9 Å². The van der Waals surface area contributed by atoms with Crippen LogP contribution in [-0.2, 0) is 4.79 Å². The highest BCUT2D eigenvalue weighted by atomic mass is 79.9. The van der Waals surface area contributed by atoms with E-state index in [-0.39, 0.29) is 5.82 Å². The summed E-state index contributed by atoms with van der Waals surface area (Å²) in [6, 6.07) is 1.67. The average molecular weight is 275 g/mol. The summed E-state index contributed by atoms with van der Waals surface area (Å²) >= 11 is 3.22. The maximum atomic E-state index is 13.7. The third-order valence-corrected chi connectivity index (χ3v) is 3.39. The van der Waals surface area contributed by atoms with Crippen molar-refractivity contribution in [3.63, 3.8) is 0 Å². The number of benzene rings is 1. The highest BCUT2D eigenvalue weighted by Crippen LogP contribution is 2.29. The van der Waals surface area contributed by atoms with Crippen molar-refractivity contribution in [3.05, 3.63) is 33.0 Å². The zero-order valence-corrected chi connectivity index (χ0v) is 10.4. The van der Waals surface area contributed by atoms with Crippen LogP contribution in [0.25, 0.3) is 0 Å². The molecule has 0 aliphatic rings. The molecule has 82 valence electrons. The van der Waals surface area contributed by atoms with Gasteiger partial charge in [-0.3, -0.25) is 4.79 Å². The van der Waals surface area contributed by atoms with E-state index >= 15 is 0 Å². The van der Waals surface area contributed by atoms with Crippen LogP contribution >= 0.6 is 15.9 Å². The fourth-order valence-electron chi connectivity index (χ4n) is 1.45. The molecule has 0 radical (unpaired) electrons. The number of carboxylic acid groups (broad SMARTS) is 1. The summed E-state index contributed by atoms with van der Waals surface area (Å²) in [5.41, 5.74) is 1.43. The zero-order chi connectivity index (χ0) is 11.7. The van der Waals surface area contributed by atoms with Gasteiger partial charge < -0.3 is 5.11 Å². The van der Waals surface area contributed by atoms with Crippen LogP contribution in [-0.4, -0.2) is 11.1 Å². The molecule has 0 heterocycles. The Labute approximate surface area is 96.2 Å². The van der Waals surface area contributed by atoms with Gasteiger partial charge in [0.2, 0.25) is 0 Å². The Morgan fingerprint density at radius 2 is 2.00 bits per heavy atom. The molecule has 15 heavy (non-hydrogen) atoms. The van der Waals surface area contributed by atoms with Crippen LogP contribution in [0, 0.1) is 19.7 Å². The van der Waals surface area contributed by atoms with Crippen LogP contribution in [0.2, 0.25) is 0 Å². The van der Waals surface area contributed by atoms with Gasteiger partial charge in [0, 0.05) is 4.47 Å². The summed E-state index contributed by atoms with van der Waals surface area (Å²) in [6.07, 6.45) is 0. The Balaban J connectivity index is 3.38. The van der Waals surface area contributed by atoms with Gasteiger partial charge in [-0.1, -0.05) is 15.9 Å². The van der Waals surface area contributed by atoms with E-state index in [0.717, 1.165) is 0 Å². The molecule has 0 saturated carbocycles. The lowest BCUT2D eigenvalue weighted by atomic mass is 9.94. The van der Waals surface area contributed by atoms with Gasteiger partial charge in [0.1, 0.15) is 5.82 Å². The molecule has 1 atom stereocenters. The van der Waals surface area contributed by atoms with E-state index in [1.807, 2.05) is 0 Å². The average Bonchev–Trinajstić information content (AvgIpc) is 2.19. The summed E-state index contributed by atoms with van der Waals surface area (Å²) in [5, 5.41) is 8.87. The van der Waals surface area contributed by atoms with E-state index in [9.17, 15) is 9.18 Å². The van der Waals surface area contributed by atoms with Crippen LogP contribution in [0.15, 0.2) is 10.5 Å². The summed E-state index contributed by atoms with van der Waals surface area (Å²) in [4.78, 5) is 10.8. The van der Waals surface area contributed by atoms with E-state index in [4.69, 9.17) is 5.11 Å². The topological polar surface area (TPSA) is 37.3 Å². The second-order valence-electron chi connectivity index (χ2n) is 3.57. The molecule has 0 fully saturated rings. The molecule has 2 nitrogen and oxygen atoms in total. The largest absolute Gasteiger partial charge is 0.481 e. The first-order chi connectivity index (χ1) is 6.86. The highest BCUT2D eigenvalue weighted by Gasteiger charge is 2.20. The molecule has 0 saturated heterocycles. The number of hydrogen-bond acceptors (Lipinski definition) is 1. The Hall–Kier alpha value is -0.900. The Bertz CT molecular complexity index is 416. The molecule has 0 spiro atoms. The predicted molar refractivity (Wildman–Crippen MR) is 59.6 cm³/mol. The molecule has 1 unspecified atom stereocenters. The third kappa shape index (κ3) is 2.20. The molecule has 0 bridgehead atoms. The van der Waals surface area contributed by atoms with Crippen molar-refractivity contribution in [3.8, 4) is 0 Å². The highest BCUT2D eigenvalue weighted by molar-refractivity contribution is 9.10. The number of aliphatic carboxylic acids is 1. The molecule has 0 aliphatic heterocycles. The van der Waals surface area contributed by atoms with Gasteiger partial charge in [0.25, 0.3) is 0 Å². The summed E-state index contributed by atoms with van der Waals surface area (Å²) in [6.45, 7) is 4.80. The van der Waals surface area contributed by atoms with Crippen LogP contribution in [0.1, 0.15) is 29.5 Å². The molecule has 1 aromatic rings. The van der Waals surface area contributed by atoms with Crippen molar-refractivity contribution in [2.45, 2.75) is 26.7 Å². The first-order valence-electron chi connectivity index (χ1n) is 4.54. The third-order valence-electron chi connectivity index (χ3n) is 2.57. The Morgan fingerprint density at radius 1 is 1.47 bits per heavy atom. The Morgan fingerprint density at radius 3 is 2.47 bits per heavy atom. The predicted octanol–water partition coefficient (Wildman–Crippen LogP) is 3.39. The van der Waals surface area contributed by atoms with Crippen molar-refractivity contribution in [1.29, 1.82) is 0 Å². The first kappa shape index (κ1) is 12.2. The van der Waals surface area contributed by atoms with Gasteiger partial charge in [-0.05, 0) is 43.5 Å². The molecule has 0 amide bonds. The zero-order valence-electron chi connectivity index (χ0n) is 8.77. The molecule has 1 N–H and O–H groups in total. The molecule has 0 aromatic heterocycles. The van der Waals surface area contributed by atoms with Crippen molar-refractivity contribution in [1.82, 2.24) is 0 Å². The minimum atomic E-state index is -0.951. The SMILES string of the molecule is Cc1c(Br)cc(C(C)C(=O)O)c(C)c1F. The van der Waals surface area contributed by atoms with Gasteiger partial charge in [0.15, 0.2) is 0 Å². The smallest absolute Gasteiger partial charge is 0.310 e.